The minimum Gasteiger partial charge on any atom is -0.379 e. The summed E-state index contributed by atoms with van der Waals surface area (Å²) < 4.78 is 33.2. The fourth-order valence-electron chi connectivity index (χ4n) is 2.49. The van der Waals surface area contributed by atoms with Crippen molar-refractivity contribution in [2.24, 2.45) is 0 Å². The molecular formula is C12H22N4O3S. The van der Waals surface area contributed by atoms with Crippen LogP contribution >= 0.6 is 0 Å². The van der Waals surface area contributed by atoms with Crippen LogP contribution in [0, 0.1) is 11.3 Å². The summed E-state index contributed by atoms with van der Waals surface area (Å²) in [7, 11) is -3.38. The number of piperazine rings is 1. The van der Waals surface area contributed by atoms with Gasteiger partial charge in [0.1, 0.15) is 5.54 Å². The van der Waals surface area contributed by atoms with Crippen LogP contribution in [0.15, 0.2) is 0 Å². The van der Waals surface area contributed by atoms with E-state index in [9.17, 15) is 8.42 Å². The first-order valence-electron chi connectivity index (χ1n) is 6.87. The molecule has 0 aliphatic carbocycles. The molecule has 114 valence electrons. The molecule has 0 radical (unpaired) electrons. The molecule has 2 aliphatic heterocycles. The molecule has 0 spiro atoms. The average molecular weight is 302 g/mol. The van der Waals surface area contributed by atoms with Crippen LogP contribution in [0.3, 0.4) is 0 Å². The Hall–Kier alpha value is -0.720. The van der Waals surface area contributed by atoms with Crippen LogP contribution in [0.2, 0.25) is 0 Å². The molecule has 8 heteroatoms. The van der Waals surface area contributed by atoms with E-state index in [4.69, 9.17) is 10.00 Å². The van der Waals surface area contributed by atoms with Crippen molar-refractivity contribution in [3.05, 3.63) is 0 Å². The minimum atomic E-state index is -3.38. The zero-order chi connectivity index (χ0) is 14.8. The summed E-state index contributed by atoms with van der Waals surface area (Å²) in [6.07, 6.45) is 0. The summed E-state index contributed by atoms with van der Waals surface area (Å²) in [5, 5.41) is 9.13. The fraction of sp³-hybridized carbons (Fsp3) is 0.917. The summed E-state index contributed by atoms with van der Waals surface area (Å²) in [4.78, 5) is 2.03. The summed E-state index contributed by atoms with van der Waals surface area (Å²) in [5.41, 5.74) is -0.547. The highest BCUT2D eigenvalue weighted by atomic mass is 32.2. The largest absolute Gasteiger partial charge is 0.379 e. The van der Waals surface area contributed by atoms with Gasteiger partial charge in [-0.05, 0) is 13.8 Å². The molecule has 2 rings (SSSR count). The molecule has 0 saturated carbocycles. The molecule has 2 heterocycles. The van der Waals surface area contributed by atoms with E-state index in [1.807, 2.05) is 18.7 Å². The molecule has 0 N–H and O–H groups in total. The molecule has 0 amide bonds. The zero-order valence-corrected chi connectivity index (χ0v) is 12.9. The summed E-state index contributed by atoms with van der Waals surface area (Å²) >= 11 is 0. The predicted molar refractivity (Wildman–Crippen MR) is 74.1 cm³/mol. The van der Waals surface area contributed by atoms with E-state index in [1.54, 1.807) is 0 Å². The van der Waals surface area contributed by atoms with Crippen molar-refractivity contribution < 1.29 is 13.2 Å². The number of morpholine rings is 1. The maximum atomic E-state index is 12.5. The van der Waals surface area contributed by atoms with Crippen LogP contribution in [-0.2, 0) is 14.9 Å². The molecule has 2 fully saturated rings. The molecule has 20 heavy (non-hydrogen) atoms. The molecule has 2 aliphatic rings. The highest BCUT2D eigenvalue weighted by Gasteiger charge is 2.36. The summed E-state index contributed by atoms with van der Waals surface area (Å²) in [6, 6.07) is 2.26. The topological polar surface area (TPSA) is 76.9 Å². The van der Waals surface area contributed by atoms with Crippen LogP contribution in [0.4, 0.5) is 0 Å². The highest BCUT2D eigenvalue weighted by Crippen LogP contribution is 2.19. The lowest BCUT2D eigenvalue weighted by molar-refractivity contribution is 0.0660. The van der Waals surface area contributed by atoms with Gasteiger partial charge in [-0.3, -0.25) is 4.90 Å². The van der Waals surface area contributed by atoms with Gasteiger partial charge in [-0.25, -0.2) is 0 Å². The zero-order valence-electron chi connectivity index (χ0n) is 12.1. The van der Waals surface area contributed by atoms with Gasteiger partial charge in [-0.15, -0.1) is 0 Å². The Bertz CT molecular complexity index is 471. The minimum absolute atomic E-state index is 0.423. The molecule has 0 atom stereocenters. The molecule has 2 saturated heterocycles. The number of rotatable bonds is 3. The maximum absolute atomic E-state index is 12.5. The molecule has 0 bridgehead atoms. The number of ether oxygens (including phenoxy) is 1. The van der Waals surface area contributed by atoms with Crippen LogP contribution in [0.5, 0.6) is 0 Å². The van der Waals surface area contributed by atoms with Gasteiger partial charge in [0.2, 0.25) is 0 Å². The number of nitrogens with zero attached hydrogens (tertiary/aromatic N) is 4. The third kappa shape index (κ3) is 3.13. The van der Waals surface area contributed by atoms with E-state index in [2.05, 4.69) is 6.07 Å². The normalized spacial score (nSPS) is 24.4. The van der Waals surface area contributed by atoms with Gasteiger partial charge < -0.3 is 4.74 Å². The van der Waals surface area contributed by atoms with E-state index < -0.39 is 15.7 Å². The van der Waals surface area contributed by atoms with Crippen LogP contribution in [0.25, 0.3) is 0 Å². The predicted octanol–water partition coefficient (Wildman–Crippen LogP) is -0.517. The second-order valence-corrected chi connectivity index (χ2v) is 7.50. The van der Waals surface area contributed by atoms with Crippen molar-refractivity contribution in [2.45, 2.75) is 19.4 Å². The van der Waals surface area contributed by atoms with E-state index in [-0.39, 0.29) is 0 Å². The van der Waals surface area contributed by atoms with E-state index in [1.165, 1.54) is 8.61 Å². The van der Waals surface area contributed by atoms with Gasteiger partial charge in [0.05, 0.1) is 19.3 Å². The first-order chi connectivity index (χ1) is 9.38. The van der Waals surface area contributed by atoms with Gasteiger partial charge in [-0.2, -0.15) is 22.3 Å². The standard InChI is InChI=1S/C12H22N4O3S/c1-12(2,11-13)14-3-5-15(6-4-14)20(17,18)16-7-9-19-10-8-16/h3-10H2,1-2H3. The lowest BCUT2D eigenvalue weighted by Gasteiger charge is -2.41. The van der Waals surface area contributed by atoms with Crippen LogP contribution in [-0.4, -0.2) is 79.9 Å². The van der Waals surface area contributed by atoms with Gasteiger partial charge in [0.25, 0.3) is 10.2 Å². The lowest BCUT2D eigenvalue weighted by atomic mass is 10.0. The Morgan fingerprint density at radius 3 is 2.00 bits per heavy atom. The molecule has 7 nitrogen and oxygen atoms in total. The Labute approximate surface area is 120 Å². The second-order valence-electron chi connectivity index (χ2n) is 5.58. The highest BCUT2D eigenvalue weighted by molar-refractivity contribution is 7.86. The van der Waals surface area contributed by atoms with E-state index in [0.717, 1.165) is 0 Å². The SMILES string of the molecule is CC(C)(C#N)N1CCN(S(=O)(=O)N2CCOCC2)CC1. The third-order valence-corrected chi connectivity index (χ3v) is 5.96. The van der Waals surface area contributed by atoms with Gasteiger partial charge >= 0.3 is 0 Å². The number of nitriles is 1. The summed E-state index contributed by atoms with van der Waals surface area (Å²) in [6.45, 7) is 7.53. The van der Waals surface area contributed by atoms with Crippen LogP contribution in [0.1, 0.15) is 13.8 Å². The smallest absolute Gasteiger partial charge is 0.282 e. The first kappa shape index (κ1) is 15.7. The Kier molecular flexibility index (Phi) is 4.66. The third-order valence-electron chi connectivity index (χ3n) is 3.93. The van der Waals surface area contributed by atoms with Crippen molar-refractivity contribution in [2.75, 3.05) is 52.5 Å². The van der Waals surface area contributed by atoms with Crippen molar-refractivity contribution in [1.29, 1.82) is 5.26 Å². The Morgan fingerprint density at radius 1 is 1.00 bits per heavy atom. The quantitative estimate of drug-likeness (QED) is 0.701. The number of hydrogen-bond donors (Lipinski definition) is 0. The van der Waals surface area contributed by atoms with Crippen LogP contribution < -0.4 is 0 Å². The lowest BCUT2D eigenvalue weighted by Crippen LogP contribution is -2.58. The van der Waals surface area contributed by atoms with Crippen molar-refractivity contribution >= 4 is 10.2 Å². The average Bonchev–Trinajstić information content (AvgIpc) is 2.48. The molecular weight excluding hydrogens is 280 g/mol. The molecule has 0 aromatic carbocycles. The molecule has 0 aromatic rings. The van der Waals surface area contributed by atoms with Crippen molar-refractivity contribution in [3.8, 4) is 6.07 Å². The van der Waals surface area contributed by atoms with E-state index >= 15 is 0 Å². The maximum Gasteiger partial charge on any atom is 0.282 e. The Morgan fingerprint density at radius 2 is 1.50 bits per heavy atom. The van der Waals surface area contributed by atoms with Gasteiger partial charge in [0.15, 0.2) is 0 Å². The van der Waals surface area contributed by atoms with E-state index in [0.29, 0.717) is 52.5 Å². The molecule has 0 unspecified atom stereocenters. The van der Waals surface area contributed by atoms with Gasteiger partial charge in [-0.1, -0.05) is 0 Å². The monoisotopic (exact) mass is 302 g/mol. The molecule has 0 aromatic heterocycles. The summed E-state index contributed by atoms with van der Waals surface area (Å²) in [5.74, 6) is 0. The number of hydrogen-bond acceptors (Lipinski definition) is 5. The van der Waals surface area contributed by atoms with Gasteiger partial charge in [0, 0.05) is 39.3 Å². The fourth-order valence-corrected chi connectivity index (χ4v) is 4.05. The second kappa shape index (κ2) is 5.95. The van der Waals surface area contributed by atoms with Crippen molar-refractivity contribution in [3.63, 3.8) is 0 Å². The van der Waals surface area contributed by atoms with Crippen molar-refractivity contribution in [1.82, 2.24) is 13.5 Å². The first-order valence-corrected chi connectivity index (χ1v) is 8.27. The Balaban J connectivity index is 1.98.